The number of anilines is 1. The number of benzene rings is 2. The molecular formula is C16H16N2O2. The maximum atomic E-state index is 6.14. The molecule has 0 saturated carbocycles. The van der Waals surface area contributed by atoms with Crippen LogP contribution in [0.25, 0.3) is 22.6 Å². The van der Waals surface area contributed by atoms with Gasteiger partial charge in [-0.05, 0) is 43.2 Å². The maximum absolute atomic E-state index is 6.14. The van der Waals surface area contributed by atoms with Crippen LogP contribution in [-0.4, -0.2) is 12.1 Å². The van der Waals surface area contributed by atoms with Crippen molar-refractivity contribution in [1.82, 2.24) is 4.98 Å². The third kappa shape index (κ3) is 1.99. The molecule has 0 fully saturated rings. The van der Waals surface area contributed by atoms with E-state index in [0.29, 0.717) is 17.2 Å². The number of nitrogens with zero attached hydrogens (tertiary/aromatic N) is 1. The van der Waals surface area contributed by atoms with E-state index < -0.39 is 0 Å². The zero-order chi connectivity index (χ0) is 14.3. The summed E-state index contributed by atoms with van der Waals surface area (Å²) in [6, 6.07) is 9.60. The molecule has 0 spiro atoms. The summed E-state index contributed by atoms with van der Waals surface area (Å²) in [6.45, 7) is 4.01. The van der Waals surface area contributed by atoms with Gasteiger partial charge in [-0.15, -0.1) is 0 Å². The first-order valence-electron chi connectivity index (χ1n) is 6.40. The Morgan fingerprint density at radius 3 is 2.70 bits per heavy atom. The highest BCUT2D eigenvalue weighted by atomic mass is 16.5. The second kappa shape index (κ2) is 4.56. The van der Waals surface area contributed by atoms with Crippen LogP contribution in [0.3, 0.4) is 0 Å². The number of fused-ring (bicyclic) bond motifs is 1. The van der Waals surface area contributed by atoms with Crippen LogP contribution < -0.4 is 10.5 Å². The number of hydrogen-bond acceptors (Lipinski definition) is 4. The number of hydrogen-bond donors (Lipinski definition) is 1. The first kappa shape index (κ1) is 12.5. The van der Waals surface area contributed by atoms with Gasteiger partial charge in [-0.2, -0.15) is 0 Å². The molecule has 2 aromatic carbocycles. The van der Waals surface area contributed by atoms with Crippen LogP contribution in [0.1, 0.15) is 11.1 Å². The summed E-state index contributed by atoms with van der Waals surface area (Å²) in [5.41, 5.74) is 11.3. The van der Waals surface area contributed by atoms with Crippen LogP contribution in [0, 0.1) is 13.8 Å². The topological polar surface area (TPSA) is 61.3 Å². The molecule has 102 valence electrons. The minimum Gasteiger partial charge on any atom is -0.497 e. The summed E-state index contributed by atoms with van der Waals surface area (Å²) in [5.74, 6) is 1.28. The highest BCUT2D eigenvalue weighted by Crippen LogP contribution is 2.32. The molecular weight excluding hydrogens is 252 g/mol. The van der Waals surface area contributed by atoms with Crippen molar-refractivity contribution >= 4 is 16.8 Å². The van der Waals surface area contributed by atoms with Crippen LogP contribution in [-0.2, 0) is 0 Å². The highest BCUT2D eigenvalue weighted by molar-refractivity contribution is 5.81. The fraction of sp³-hybridized carbons (Fsp3) is 0.188. The molecule has 0 bridgehead atoms. The normalized spacial score (nSPS) is 10.9. The summed E-state index contributed by atoms with van der Waals surface area (Å²) >= 11 is 0. The highest BCUT2D eigenvalue weighted by Gasteiger charge is 2.13. The van der Waals surface area contributed by atoms with Crippen LogP contribution in [0.5, 0.6) is 5.75 Å². The van der Waals surface area contributed by atoms with E-state index in [4.69, 9.17) is 14.9 Å². The largest absolute Gasteiger partial charge is 0.497 e. The van der Waals surface area contributed by atoms with Gasteiger partial charge in [0.2, 0.25) is 5.89 Å². The summed E-state index contributed by atoms with van der Waals surface area (Å²) in [6.07, 6.45) is 0. The Kier molecular flexibility index (Phi) is 2.86. The minimum atomic E-state index is 0.539. The molecule has 0 amide bonds. The van der Waals surface area contributed by atoms with Gasteiger partial charge in [0.15, 0.2) is 5.58 Å². The third-order valence-corrected chi connectivity index (χ3v) is 3.36. The Hall–Kier alpha value is -2.49. The van der Waals surface area contributed by atoms with E-state index in [0.717, 1.165) is 28.0 Å². The number of aryl methyl sites for hydroxylation is 2. The molecule has 1 heterocycles. The van der Waals surface area contributed by atoms with Crippen molar-refractivity contribution in [3.63, 3.8) is 0 Å². The van der Waals surface area contributed by atoms with Gasteiger partial charge in [-0.3, -0.25) is 0 Å². The number of oxazole rings is 1. The average molecular weight is 268 g/mol. The zero-order valence-corrected chi connectivity index (χ0v) is 11.7. The smallest absolute Gasteiger partial charge is 0.229 e. The molecule has 4 nitrogen and oxygen atoms in total. The lowest BCUT2D eigenvalue weighted by atomic mass is 10.0. The molecule has 0 aliphatic rings. The number of rotatable bonds is 2. The van der Waals surface area contributed by atoms with Gasteiger partial charge < -0.3 is 14.9 Å². The van der Waals surface area contributed by atoms with Gasteiger partial charge in [0, 0.05) is 11.8 Å². The standard InChI is InChI=1S/C16H16N2O2/c1-9-6-10(2)15(17)12(7-9)16-18-13-5-4-11(19-3)8-14(13)20-16/h4-8H,17H2,1-3H3. The molecule has 0 aliphatic heterocycles. The monoisotopic (exact) mass is 268 g/mol. The fourth-order valence-electron chi connectivity index (χ4n) is 2.30. The molecule has 0 saturated heterocycles. The van der Waals surface area contributed by atoms with Crippen molar-refractivity contribution < 1.29 is 9.15 Å². The quantitative estimate of drug-likeness (QED) is 0.720. The number of nitrogens with two attached hydrogens (primary N) is 1. The van der Waals surface area contributed by atoms with Crippen LogP contribution in [0.15, 0.2) is 34.7 Å². The van der Waals surface area contributed by atoms with E-state index in [1.807, 2.05) is 44.2 Å². The second-order valence-corrected chi connectivity index (χ2v) is 4.90. The molecule has 20 heavy (non-hydrogen) atoms. The van der Waals surface area contributed by atoms with Gasteiger partial charge in [-0.1, -0.05) is 6.07 Å². The fourth-order valence-corrected chi connectivity index (χ4v) is 2.30. The predicted octanol–water partition coefficient (Wildman–Crippen LogP) is 3.70. The molecule has 1 aromatic heterocycles. The van der Waals surface area contributed by atoms with Crippen LogP contribution in [0.4, 0.5) is 5.69 Å². The van der Waals surface area contributed by atoms with Crippen molar-refractivity contribution in [2.24, 2.45) is 0 Å². The van der Waals surface area contributed by atoms with E-state index in [2.05, 4.69) is 4.98 Å². The lowest BCUT2D eigenvalue weighted by molar-refractivity contribution is 0.414. The average Bonchev–Trinajstić information content (AvgIpc) is 2.85. The Morgan fingerprint density at radius 2 is 1.95 bits per heavy atom. The summed E-state index contributed by atoms with van der Waals surface area (Å²) in [7, 11) is 1.63. The van der Waals surface area contributed by atoms with Crippen molar-refractivity contribution in [2.45, 2.75) is 13.8 Å². The van der Waals surface area contributed by atoms with Gasteiger partial charge in [0.25, 0.3) is 0 Å². The minimum absolute atomic E-state index is 0.539. The predicted molar refractivity (Wildman–Crippen MR) is 79.9 cm³/mol. The lowest BCUT2D eigenvalue weighted by Gasteiger charge is -2.06. The third-order valence-electron chi connectivity index (χ3n) is 3.36. The lowest BCUT2D eigenvalue weighted by Crippen LogP contribution is -1.95. The van der Waals surface area contributed by atoms with Gasteiger partial charge in [-0.25, -0.2) is 4.98 Å². The molecule has 3 rings (SSSR count). The summed E-state index contributed by atoms with van der Waals surface area (Å²) < 4.78 is 11.0. The molecule has 0 unspecified atom stereocenters. The molecule has 0 radical (unpaired) electrons. The Balaban J connectivity index is 2.20. The van der Waals surface area contributed by atoms with E-state index >= 15 is 0 Å². The first-order valence-corrected chi connectivity index (χ1v) is 6.40. The van der Waals surface area contributed by atoms with Crippen molar-refractivity contribution in [3.8, 4) is 17.2 Å². The SMILES string of the molecule is COc1ccc2nc(-c3cc(C)cc(C)c3N)oc2c1. The molecule has 3 aromatic rings. The first-order chi connectivity index (χ1) is 9.58. The van der Waals surface area contributed by atoms with E-state index in [1.165, 1.54) is 0 Å². The molecule has 0 aliphatic carbocycles. The van der Waals surface area contributed by atoms with Gasteiger partial charge in [0.1, 0.15) is 11.3 Å². The number of nitrogen functional groups attached to an aromatic ring is 1. The summed E-state index contributed by atoms with van der Waals surface area (Å²) in [5, 5.41) is 0. The van der Waals surface area contributed by atoms with Crippen LogP contribution in [0.2, 0.25) is 0 Å². The van der Waals surface area contributed by atoms with Crippen LogP contribution >= 0.6 is 0 Å². The van der Waals surface area contributed by atoms with Crippen molar-refractivity contribution in [1.29, 1.82) is 0 Å². The molecule has 4 heteroatoms. The summed E-state index contributed by atoms with van der Waals surface area (Å²) in [4.78, 5) is 4.50. The second-order valence-electron chi connectivity index (χ2n) is 4.90. The Bertz CT molecular complexity index is 791. The van der Waals surface area contributed by atoms with E-state index in [1.54, 1.807) is 7.11 Å². The van der Waals surface area contributed by atoms with Gasteiger partial charge in [0.05, 0.1) is 12.7 Å². The van der Waals surface area contributed by atoms with Crippen molar-refractivity contribution in [2.75, 3.05) is 12.8 Å². The Morgan fingerprint density at radius 1 is 1.15 bits per heavy atom. The number of aromatic nitrogens is 1. The zero-order valence-electron chi connectivity index (χ0n) is 11.7. The van der Waals surface area contributed by atoms with E-state index in [-0.39, 0.29) is 0 Å². The van der Waals surface area contributed by atoms with Gasteiger partial charge >= 0.3 is 0 Å². The number of methoxy groups -OCH3 is 1. The van der Waals surface area contributed by atoms with E-state index in [9.17, 15) is 0 Å². The number of ether oxygens (including phenoxy) is 1. The molecule has 0 atom stereocenters. The maximum Gasteiger partial charge on any atom is 0.229 e. The Labute approximate surface area is 117 Å². The van der Waals surface area contributed by atoms with Crippen molar-refractivity contribution in [3.05, 3.63) is 41.5 Å². The molecule has 2 N–H and O–H groups in total.